The highest BCUT2D eigenvalue weighted by atomic mass is 35.5. The molecule has 1 N–H and O–H groups in total. The molecule has 2 aromatic rings. The van der Waals surface area contributed by atoms with Gasteiger partial charge >= 0.3 is 0 Å². The van der Waals surface area contributed by atoms with Crippen LogP contribution in [0.15, 0.2) is 41.3 Å². The van der Waals surface area contributed by atoms with Crippen molar-refractivity contribution < 1.29 is 17.9 Å². The van der Waals surface area contributed by atoms with Gasteiger partial charge in [-0.3, -0.25) is 4.79 Å². The van der Waals surface area contributed by atoms with Crippen molar-refractivity contribution >= 4 is 50.7 Å². The fourth-order valence-electron chi connectivity index (χ4n) is 2.98. The molecule has 1 amide bonds. The summed E-state index contributed by atoms with van der Waals surface area (Å²) in [5.41, 5.74) is 0.873. The summed E-state index contributed by atoms with van der Waals surface area (Å²) in [6.07, 6.45) is 0. The van der Waals surface area contributed by atoms with E-state index in [-0.39, 0.29) is 28.6 Å². The fraction of sp³-hybridized carbons (Fsp3) is 0.316. The molecule has 1 saturated heterocycles. The Morgan fingerprint density at radius 2 is 1.76 bits per heavy atom. The highest BCUT2D eigenvalue weighted by Crippen LogP contribution is 2.28. The number of hydrogen-bond donors (Lipinski definition) is 1. The lowest BCUT2D eigenvalue weighted by Crippen LogP contribution is -2.40. The first-order chi connectivity index (χ1) is 13.7. The zero-order chi connectivity index (χ0) is 21.2. The molecule has 0 aromatic heterocycles. The molecule has 0 bridgehead atoms. The standard InChI is InChI=1S/C19H19Cl3N2O4S/c1-12(15-4-3-14(20)11-17(15)22)23-19(25)13-2-5-16(21)18(10-13)29(26,27)24-6-8-28-9-7-24/h2-5,10-12H,6-9H2,1H3,(H,23,25). The van der Waals surface area contributed by atoms with Gasteiger partial charge in [0, 0.05) is 28.7 Å². The molecule has 1 heterocycles. The van der Waals surface area contributed by atoms with Crippen LogP contribution in [0.3, 0.4) is 0 Å². The highest BCUT2D eigenvalue weighted by molar-refractivity contribution is 7.89. The largest absolute Gasteiger partial charge is 0.379 e. The molecule has 10 heteroatoms. The summed E-state index contributed by atoms with van der Waals surface area (Å²) >= 11 is 18.2. The van der Waals surface area contributed by atoms with Gasteiger partial charge in [0.1, 0.15) is 4.90 Å². The van der Waals surface area contributed by atoms with Crippen LogP contribution >= 0.6 is 34.8 Å². The summed E-state index contributed by atoms with van der Waals surface area (Å²) in [6, 6.07) is 8.76. The number of morpholine rings is 1. The maximum absolute atomic E-state index is 12.9. The summed E-state index contributed by atoms with van der Waals surface area (Å²) in [6.45, 7) is 2.88. The SMILES string of the molecule is CC(NC(=O)c1ccc(Cl)c(S(=O)(=O)N2CCOCC2)c1)c1ccc(Cl)cc1Cl. The summed E-state index contributed by atoms with van der Waals surface area (Å²) in [4.78, 5) is 12.6. The van der Waals surface area contributed by atoms with Crippen LogP contribution < -0.4 is 5.32 Å². The molecule has 156 valence electrons. The maximum Gasteiger partial charge on any atom is 0.251 e. The van der Waals surface area contributed by atoms with E-state index in [2.05, 4.69) is 5.32 Å². The van der Waals surface area contributed by atoms with Crippen molar-refractivity contribution in [2.45, 2.75) is 17.9 Å². The van der Waals surface area contributed by atoms with Gasteiger partial charge in [0.15, 0.2) is 0 Å². The summed E-state index contributed by atoms with van der Waals surface area (Å²) in [7, 11) is -3.84. The van der Waals surface area contributed by atoms with Crippen LogP contribution in [0, 0.1) is 0 Å². The Morgan fingerprint density at radius 1 is 1.07 bits per heavy atom. The maximum atomic E-state index is 12.9. The molecular formula is C19H19Cl3N2O4S. The van der Waals surface area contributed by atoms with E-state index < -0.39 is 22.0 Å². The van der Waals surface area contributed by atoms with Crippen LogP contribution in [0.2, 0.25) is 15.1 Å². The van der Waals surface area contributed by atoms with E-state index in [4.69, 9.17) is 39.5 Å². The molecule has 0 saturated carbocycles. The molecule has 1 atom stereocenters. The third-order valence-corrected chi connectivity index (χ3v) is 7.50. The van der Waals surface area contributed by atoms with E-state index in [0.717, 1.165) is 0 Å². The Morgan fingerprint density at radius 3 is 2.41 bits per heavy atom. The molecule has 2 aromatic carbocycles. The molecule has 0 aliphatic carbocycles. The summed E-state index contributed by atoms with van der Waals surface area (Å²) in [5, 5.41) is 3.79. The number of sulfonamides is 1. The number of nitrogens with one attached hydrogen (secondary N) is 1. The fourth-order valence-corrected chi connectivity index (χ4v) is 5.46. The Kier molecular flexibility index (Phi) is 7.09. The zero-order valence-electron chi connectivity index (χ0n) is 15.5. The molecule has 0 radical (unpaired) electrons. The highest BCUT2D eigenvalue weighted by Gasteiger charge is 2.29. The molecule has 0 spiro atoms. The van der Waals surface area contributed by atoms with Gasteiger partial charge in [0.2, 0.25) is 10.0 Å². The predicted molar refractivity (Wildman–Crippen MR) is 113 cm³/mol. The summed E-state index contributed by atoms with van der Waals surface area (Å²) < 4.78 is 32.4. The molecule has 1 aliphatic rings. The number of carbonyl (C=O) groups excluding carboxylic acids is 1. The van der Waals surface area contributed by atoms with E-state index in [1.807, 2.05) is 0 Å². The molecule has 3 rings (SSSR count). The van der Waals surface area contributed by atoms with Gasteiger partial charge in [-0.1, -0.05) is 40.9 Å². The second kappa shape index (κ2) is 9.20. The first-order valence-corrected chi connectivity index (χ1v) is 11.4. The van der Waals surface area contributed by atoms with Gasteiger partial charge in [-0.15, -0.1) is 0 Å². The molecular weight excluding hydrogens is 459 g/mol. The normalized spacial score (nSPS) is 16.4. The van der Waals surface area contributed by atoms with Crippen molar-refractivity contribution in [3.8, 4) is 0 Å². The monoisotopic (exact) mass is 476 g/mol. The lowest BCUT2D eigenvalue weighted by atomic mass is 10.1. The van der Waals surface area contributed by atoms with Crippen molar-refractivity contribution in [2.75, 3.05) is 26.3 Å². The van der Waals surface area contributed by atoms with Gasteiger partial charge in [-0.2, -0.15) is 4.31 Å². The molecule has 29 heavy (non-hydrogen) atoms. The van der Waals surface area contributed by atoms with Crippen molar-refractivity contribution in [2.24, 2.45) is 0 Å². The number of halogens is 3. The molecule has 6 nitrogen and oxygen atoms in total. The second-order valence-corrected chi connectivity index (χ2v) is 9.68. The lowest BCUT2D eigenvalue weighted by Gasteiger charge is -2.26. The second-order valence-electron chi connectivity index (χ2n) is 6.52. The first kappa shape index (κ1) is 22.3. The molecule has 1 aliphatic heterocycles. The number of hydrogen-bond acceptors (Lipinski definition) is 4. The summed E-state index contributed by atoms with van der Waals surface area (Å²) in [5.74, 6) is -0.446. The van der Waals surface area contributed by atoms with Crippen molar-refractivity contribution in [1.82, 2.24) is 9.62 Å². The van der Waals surface area contributed by atoms with Crippen LogP contribution in [0.5, 0.6) is 0 Å². The minimum Gasteiger partial charge on any atom is -0.379 e. The van der Waals surface area contributed by atoms with Crippen LogP contribution in [0.4, 0.5) is 0 Å². The van der Waals surface area contributed by atoms with Crippen molar-refractivity contribution in [3.63, 3.8) is 0 Å². The Bertz CT molecular complexity index is 1020. The Labute approximate surface area is 184 Å². The minimum absolute atomic E-state index is 0.0573. The Hall–Kier alpha value is -1.35. The Balaban J connectivity index is 1.84. The predicted octanol–water partition coefficient (Wildman–Crippen LogP) is 4.16. The van der Waals surface area contributed by atoms with Crippen molar-refractivity contribution in [3.05, 3.63) is 62.6 Å². The lowest BCUT2D eigenvalue weighted by molar-refractivity contribution is 0.0730. The van der Waals surface area contributed by atoms with Crippen molar-refractivity contribution in [1.29, 1.82) is 0 Å². The quantitative estimate of drug-likeness (QED) is 0.702. The van der Waals surface area contributed by atoms with Crippen LogP contribution in [-0.2, 0) is 14.8 Å². The van der Waals surface area contributed by atoms with Gasteiger partial charge in [0.05, 0.1) is 24.3 Å². The van der Waals surface area contributed by atoms with Gasteiger partial charge < -0.3 is 10.1 Å². The number of rotatable bonds is 5. The first-order valence-electron chi connectivity index (χ1n) is 8.83. The topological polar surface area (TPSA) is 75.7 Å². The van der Waals surface area contributed by atoms with E-state index in [9.17, 15) is 13.2 Å². The number of benzene rings is 2. The minimum atomic E-state index is -3.84. The molecule has 1 fully saturated rings. The number of amides is 1. The van der Waals surface area contributed by atoms with Gasteiger partial charge in [-0.05, 0) is 42.8 Å². The van der Waals surface area contributed by atoms with Crippen LogP contribution in [0.25, 0.3) is 0 Å². The number of nitrogens with zero attached hydrogens (tertiary/aromatic N) is 1. The van der Waals surface area contributed by atoms with Crippen LogP contribution in [-0.4, -0.2) is 44.9 Å². The number of carbonyl (C=O) groups is 1. The van der Waals surface area contributed by atoms with Gasteiger partial charge in [0.25, 0.3) is 5.91 Å². The average Bonchev–Trinajstić information content (AvgIpc) is 2.68. The average molecular weight is 478 g/mol. The number of ether oxygens (including phenoxy) is 1. The zero-order valence-corrected chi connectivity index (χ0v) is 18.6. The third kappa shape index (κ3) is 5.05. The van der Waals surface area contributed by atoms with E-state index in [0.29, 0.717) is 28.8 Å². The third-order valence-electron chi connectivity index (χ3n) is 4.56. The van der Waals surface area contributed by atoms with E-state index >= 15 is 0 Å². The smallest absolute Gasteiger partial charge is 0.251 e. The van der Waals surface area contributed by atoms with E-state index in [1.54, 1.807) is 25.1 Å². The van der Waals surface area contributed by atoms with Crippen LogP contribution in [0.1, 0.15) is 28.9 Å². The van der Waals surface area contributed by atoms with E-state index in [1.165, 1.54) is 22.5 Å². The van der Waals surface area contributed by atoms with Gasteiger partial charge in [-0.25, -0.2) is 8.42 Å². The molecule has 1 unspecified atom stereocenters.